The first-order valence-electron chi connectivity index (χ1n) is 8.69. The van der Waals surface area contributed by atoms with Gasteiger partial charge in [-0.15, -0.1) is 0 Å². The van der Waals surface area contributed by atoms with Gasteiger partial charge in [0.05, 0.1) is 16.8 Å². The zero-order chi connectivity index (χ0) is 20.4. The molecule has 0 fully saturated rings. The molecule has 0 saturated heterocycles. The molecule has 0 atom stereocenters. The van der Waals surface area contributed by atoms with E-state index in [9.17, 15) is 8.42 Å². The molecule has 0 aliphatic rings. The minimum absolute atomic E-state index is 0.133. The second-order valence-electron chi connectivity index (χ2n) is 6.35. The first kappa shape index (κ1) is 19.2. The van der Waals surface area contributed by atoms with E-state index in [0.717, 1.165) is 10.8 Å². The highest BCUT2D eigenvalue weighted by molar-refractivity contribution is 7.92. The summed E-state index contributed by atoms with van der Waals surface area (Å²) in [6, 6.07) is 17.7. The predicted octanol–water partition coefficient (Wildman–Crippen LogP) is 5.18. The van der Waals surface area contributed by atoms with E-state index in [4.69, 9.17) is 16.3 Å². The Morgan fingerprint density at radius 3 is 2.41 bits per heavy atom. The van der Waals surface area contributed by atoms with Gasteiger partial charge in [-0.05, 0) is 30.0 Å². The second-order valence-corrected chi connectivity index (χ2v) is 8.41. The SMILES string of the molecule is Cc1ccccc1S(=O)(=O)Nc1cnc(Oc2cc3ccccc3cn2)c(Cl)c1. The third-order valence-corrected chi connectivity index (χ3v) is 6.06. The van der Waals surface area contributed by atoms with Crippen molar-refractivity contribution in [1.29, 1.82) is 0 Å². The number of nitrogens with one attached hydrogen (secondary N) is 1. The Labute approximate surface area is 173 Å². The van der Waals surface area contributed by atoms with Crippen LogP contribution in [-0.2, 0) is 10.0 Å². The second kappa shape index (κ2) is 7.69. The van der Waals surface area contributed by atoms with Crippen molar-refractivity contribution in [2.24, 2.45) is 0 Å². The van der Waals surface area contributed by atoms with Crippen molar-refractivity contribution in [1.82, 2.24) is 9.97 Å². The summed E-state index contributed by atoms with van der Waals surface area (Å²) in [6.45, 7) is 1.73. The maximum Gasteiger partial charge on any atom is 0.262 e. The fourth-order valence-electron chi connectivity index (χ4n) is 2.84. The molecule has 0 spiro atoms. The molecule has 0 aliphatic heterocycles. The molecule has 0 bridgehead atoms. The highest BCUT2D eigenvalue weighted by atomic mass is 35.5. The molecule has 4 rings (SSSR count). The van der Waals surface area contributed by atoms with Crippen LogP contribution in [0.1, 0.15) is 5.56 Å². The van der Waals surface area contributed by atoms with Crippen LogP contribution in [0.2, 0.25) is 5.02 Å². The normalized spacial score (nSPS) is 11.4. The Hall–Kier alpha value is -3.16. The average Bonchev–Trinajstić information content (AvgIpc) is 2.70. The number of sulfonamides is 1. The van der Waals surface area contributed by atoms with Crippen LogP contribution in [0.5, 0.6) is 11.8 Å². The zero-order valence-electron chi connectivity index (χ0n) is 15.3. The fraction of sp³-hybridized carbons (Fsp3) is 0.0476. The van der Waals surface area contributed by atoms with E-state index in [1.54, 1.807) is 37.4 Å². The molecule has 0 amide bonds. The van der Waals surface area contributed by atoms with Crippen molar-refractivity contribution in [3.8, 4) is 11.8 Å². The van der Waals surface area contributed by atoms with E-state index < -0.39 is 10.0 Å². The molecule has 0 unspecified atom stereocenters. The maximum atomic E-state index is 12.6. The van der Waals surface area contributed by atoms with E-state index in [0.29, 0.717) is 11.4 Å². The molecule has 6 nitrogen and oxygen atoms in total. The lowest BCUT2D eigenvalue weighted by atomic mass is 10.2. The molecule has 0 radical (unpaired) electrons. The van der Waals surface area contributed by atoms with Crippen LogP contribution < -0.4 is 9.46 Å². The van der Waals surface area contributed by atoms with Crippen LogP contribution in [0.25, 0.3) is 10.8 Å². The number of ether oxygens (including phenoxy) is 1. The first-order chi connectivity index (χ1) is 13.9. The smallest absolute Gasteiger partial charge is 0.262 e. The number of hydrogen-bond acceptors (Lipinski definition) is 5. The number of pyridine rings is 2. The summed E-state index contributed by atoms with van der Waals surface area (Å²) in [5.74, 6) is 0.472. The van der Waals surface area contributed by atoms with Crippen LogP contribution >= 0.6 is 11.6 Å². The van der Waals surface area contributed by atoms with Crippen molar-refractivity contribution < 1.29 is 13.2 Å². The van der Waals surface area contributed by atoms with Crippen LogP contribution in [0.15, 0.2) is 78.0 Å². The number of aromatic nitrogens is 2. The number of halogens is 1. The summed E-state index contributed by atoms with van der Waals surface area (Å²) in [5, 5.41) is 2.11. The summed E-state index contributed by atoms with van der Waals surface area (Å²) in [5.41, 5.74) is 0.874. The quantitative estimate of drug-likeness (QED) is 0.476. The van der Waals surface area contributed by atoms with Gasteiger partial charge in [0, 0.05) is 17.6 Å². The molecule has 4 aromatic rings. The van der Waals surface area contributed by atoms with E-state index in [-0.39, 0.29) is 21.5 Å². The number of nitrogens with zero attached hydrogens (tertiary/aromatic N) is 2. The molecule has 8 heteroatoms. The molecular formula is C21H16ClN3O3S. The third kappa shape index (κ3) is 4.16. The first-order valence-corrected chi connectivity index (χ1v) is 10.6. The topological polar surface area (TPSA) is 81.2 Å². The summed E-state index contributed by atoms with van der Waals surface area (Å²) in [6.07, 6.45) is 3.04. The Kier molecular flexibility index (Phi) is 5.08. The number of benzene rings is 2. The Bertz CT molecular complexity index is 1310. The molecule has 29 heavy (non-hydrogen) atoms. The van der Waals surface area contributed by atoms with Crippen molar-refractivity contribution in [3.05, 3.63) is 83.6 Å². The van der Waals surface area contributed by atoms with E-state index >= 15 is 0 Å². The number of anilines is 1. The number of rotatable bonds is 5. The van der Waals surface area contributed by atoms with Gasteiger partial charge in [0.15, 0.2) is 0 Å². The van der Waals surface area contributed by atoms with E-state index in [2.05, 4.69) is 14.7 Å². The largest absolute Gasteiger partial charge is 0.419 e. The summed E-state index contributed by atoms with van der Waals surface area (Å²) in [4.78, 5) is 8.57. The predicted molar refractivity (Wildman–Crippen MR) is 113 cm³/mol. The molecule has 2 aromatic heterocycles. The maximum absolute atomic E-state index is 12.6. The average molecular weight is 426 g/mol. The molecule has 1 N–H and O–H groups in total. The minimum atomic E-state index is -3.76. The van der Waals surface area contributed by atoms with Gasteiger partial charge in [0.1, 0.15) is 5.02 Å². The fourth-order valence-corrected chi connectivity index (χ4v) is 4.33. The molecular weight excluding hydrogens is 410 g/mol. The van der Waals surface area contributed by atoms with Gasteiger partial charge < -0.3 is 4.74 Å². The monoisotopic (exact) mass is 425 g/mol. The Morgan fingerprint density at radius 2 is 1.66 bits per heavy atom. The van der Waals surface area contributed by atoms with Crippen molar-refractivity contribution >= 4 is 38.1 Å². The van der Waals surface area contributed by atoms with Crippen molar-refractivity contribution in [2.75, 3.05) is 4.72 Å². The van der Waals surface area contributed by atoms with Gasteiger partial charge in [-0.1, -0.05) is 54.1 Å². The molecule has 2 heterocycles. The van der Waals surface area contributed by atoms with Crippen LogP contribution in [0.4, 0.5) is 5.69 Å². The van der Waals surface area contributed by atoms with Crippen LogP contribution in [0.3, 0.4) is 0 Å². The molecule has 2 aromatic carbocycles. The highest BCUT2D eigenvalue weighted by Crippen LogP contribution is 2.30. The molecule has 0 saturated carbocycles. The number of fused-ring (bicyclic) bond motifs is 1. The van der Waals surface area contributed by atoms with Crippen LogP contribution in [0, 0.1) is 6.92 Å². The zero-order valence-corrected chi connectivity index (χ0v) is 16.9. The van der Waals surface area contributed by atoms with Gasteiger partial charge in [-0.25, -0.2) is 18.4 Å². The van der Waals surface area contributed by atoms with Gasteiger partial charge in [-0.2, -0.15) is 0 Å². The molecule has 0 aliphatic carbocycles. The van der Waals surface area contributed by atoms with Gasteiger partial charge in [0.2, 0.25) is 11.8 Å². The van der Waals surface area contributed by atoms with E-state index in [1.165, 1.54) is 18.3 Å². The standard InChI is InChI=1S/C21H16ClN3O3S/c1-14-6-2-5-9-19(14)29(26,27)25-17-11-18(22)21(24-13-17)28-20-10-15-7-3-4-8-16(15)12-23-20/h2-13,25H,1H3. The summed E-state index contributed by atoms with van der Waals surface area (Å²) >= 11 is 6.25. The lowest BCUT2D eigenvalue weighted by Gasteiger charge is -2.11. The Balaban J connectivity index is 1.57. The highest BCUT2D eigenvalue weighted by Gasteiger charge is 2.17. The lowest BCUT2D eigenvalue weighted by molar-refractivity contribution is 0.446. The van der Waals surface area contributed by atoms with Gasteiger partial charge in [0.25, 0.3) is 10.0 Å². The van der Waals surface area contributed by atoms with Crippen molar-refractivity contribution in [2.45, 2.75) is 11.8 Å². The van der Waals surface area contributed by atoms with Crippen LogP contribution in [-0.4, -0.2) is 18.4 Å². The number of aryl methyl sites for hydroxylation is 1. The van der Waals surface area contributed by atoms with Crippen molar-refractivity contribution in [3.63, 3.8) is 0 Å². The van der Waals surface area contributed by atoms with Gasteiger partial charge in [-0.3, -0.25) is 4.72 Å². The van der Waals surface area contributed by atoms with E-state index in [1.807, 2.05) is 24.3 Å². The summed E-state index contributed by atoms with van der Waals surface area (Å²) in [7, 11) is -3.76. The Morgan fingerprint density at radius 1 is 0.931 bits per heavy atom. The van der Waals surface area contributed by atoms with Gasteiger partial charge >= 0.3 is 0 Å². The minimum Gasteiger partial charge on any atom is -0.419 e. The third-order valence-electron chi connectivity index (χ3n) is 4.25. The lowest BCUT2D eigenvalue weighted by Crippen LogP contribution is -2.14. The molecule has 146 valence electrons. The summed E-state index contributed by atoms with van der Waals surface area (Å²) < 4.78 is 33.4. The number of hydrogen-bond donors (Lipinski definition) is 1.